The quantitative estimate of drug-likeness (QED) is 0.667. The molecule has 16 heavy (non-hydrogen) atoms. The molecule has 0 spiro atoms. The Kier molecular flexibility index (Phi) is 6.65. The number of Topliss-reactive ketones (excluding diaryl/α,β-unsaturated/α-hetero) is 1. The van der Waals surface area contributed by atoms with Crippen LogP contribution >= 0.6 is 0 Å². The lowest BCUT2D eigenvalue weighted by atomic mass is 10.0. The zero-order valence-electron chi connectivity index (χ0n) is 10.7. The summed E-state index contributed by atoms with van der Waals surface area (Å²) in [5, 5.41) is 0. The third-order valence-electron chi connectivity index (χ3n) is 3.21. The van der Waals surface area contributed by atoms with E-state index in [1.165, 1.54) is 12.8 Å². The van der Waals surface area contributed by atoms with E-state index in [-0.39, 0.29) is 0 Å². The highest BCUT2D eigenvalue weighted by Gasteiger charge is 2.15. The summed E-state index contributed by atoms with van der Waals surface area (Å²) >= 11 is 0. The monoisotopic (exact) mass is 227 g/mol. The van der Waals surface area contributed by atoms with Crippen LogP contribution in [0.1, 0.15) is 39.0 Å². The van der Waals surface area contributed by atoms with E-state index in [0.29, 0.717) is 18.1 Å². The molecule has 0 bridgehead atoms. The molecule has 0 aromatic heterocycles. The number of ketones is 1. The highest BCUT2D eigenvalue weighted by atomic mass is 16.5. The summed E-state index contributed by atoms with van der Waals surface area (Å²) in [6.07, 6.45) is 4.91. The minimum atomic E-state index is 0.384. The molecule has 1 aliphatic heterocycles. The number of hydrogen-bond acceptors (Lipinski definition) is 3. The van der Waals surface area contributed by atoms with Crippen LogP contribution in [0.3, 0.4) is 0 Å². The van der Waals surface area contributed by atoms with Crippen molar-refractivity contribution in [1.29, 1.82) is 0 Å². The Morgan fingerprint density at radius 3 is 2.94 bits per heavy atom. The first-order chi connectivity index (χ1) is 7.72. The minimum absolute atomic E-state index is 0.384. The van der Waals surface area contributed by atoms with Gasteiger partial charge in [-0.25, -0.2) is 0 Å². The van der Waals surface area contributed by atoms with Crippen LogP contribution in [0.25, 0.3) is 0 Å². The fourth-order valence-electron chi connectivity index (χ4n) is 2.21. The smallest absolute Gasteiger partial charge is 0.132 e. The van der Waals surface area contributed by atoms with E-state index in [2.05, 4.69) is 11.9 Å². The number of nitrogens with zero attached hydrogens (tertiary/aromatic N) is 1. The Balaban J connectivity index is 2.05. The van der Waals surface area contributed by atoms with Gasteiger partial charge in [0, 0.05) is 26.0 Å². The Morgan fingerprint density at radius 2 is 2.31 bits per heavy atom. The lowest BCUT2D eigenvalue weighted by Crippen LogP contribution is -2.31. The van der Waals surface area contributed by atoms with Gasteiger partial charge in [0.2, 0.25) is 0 Å². The first-order valence-electron chi connectivity index (χ1n) is 6.50. The molecule has 1 aliphatic rings. The Morgan fingerprint density at radius 1 is 1.50 bits per heavy atom. The molecule has 0 aromatic carbocycles. The molecule has 0 aliphatic carbocycles. The van der Waals surface area contributed by atoms with E-state index in [4.69, 9.17) is 4.74 Å². The van der Waals surface area contributed by atoms with Crippen molar-refractivity contribution in [3.8, 4) is 0 Å². The van der Waals surface area contributed by atoms with E-state index in [1.807, 2.05) is 6.92 Å². The van der Waals surface area contributed by atoms with Gasteiger partial charge in [-0.2, -0.15) is 0 Å². The first kappa shape index (κ1) is 13.7. The van der Waals surface area contributed by atoms with Crippen LogP contribution in [0.15, 0.2) is 0 Å². The highest BCUT2D eigenvalue weighted by Crippen LogP contribution is 2.14. The van der Waals surface area contributed by atoms with Gasteiger partial charge in [0.15, 0.2) is 0 Å². The van der Waals surface area contributed by atoms with Gasteiger partial charge < -0.3 is 9.64 Å². The lowest BCUT2D eigenvalue weighted by molar-refractivity contribution is -0.118. The maximum Gasteiger partial charge on any atom is 0.132 e. The predicted molar refractivity (Wildman–Crippen MR) is 65.6 cm³/mol. The molecule has 1 unspecified atom stereocenters. The molecular formula is C13H25NO2. The van der Waals surface area contributed by atoms with Crippen molar-refractivity contribution in [3.63, 3.8) is 0 Å². The van der Waals surface area contributed by atoms with Crippen molar-refractivity contribution in [2.45, 2.75) is 39.0 Å². The third-order valence-corrected chi connectivity index (χ3v) is 3.21. The molecule has 0 N–H and O–H groups in total. The highest BCUT2D eigenvalue weighted by molar-refractivity contribution is 5.77. The van der Waals surface area contributed by atoms with Crippen LogP contribution in [-0.2, 0) is 9.53 Å². The summed E-state index contributed by atoms with van der Waals surface area (Å²) in [6, 6.07) is 0. The SMILES string of the molecule is CCC(=O)CCCN(C)CC1CCCOC1. The van der Waals surface area contributed by atoms with Crippen LogP contribution in [0.4, 0.5) is 0 Å². The summed E-state index contributed by atoms with van der Waals surface area (Å²) in [7, 11) is 2.14. The standard InChI is InChI=1S/C13H25NO2/c1-3-13(15)7-4-8-14(2)10-12-6-5-9-16-11-12/h12H,3-11H2,1-2H3. The number of rotatable bonds is 7. The Bertz CT molecular complexity index is 200. The third kappa shape index (κ3) is 5.61. The summed E-state index contributed by atoms with van der Waals surface area (Å²) < 4.78 is 5.46. The van der Waals surface area contributed by atoms with Gasteiger partial charge in [0.25, 0.3) is 0 Å². The van der Waals surface area contributed by atoms with Gasteiger partial charge in [-0.3, -0.25) is 4.79 Å². The van der Waals surface area contributed by atoms with Crippen molar-refractivity contribution in [2.75, 3.05) is 33.4 Å². The van der Waals surface area contributed by atoms with Crippen LogP contribution in [0.5, 0.6) is 0 Å². The number of carbonyl (C=O) groups excluding carboxylic acids is 1. The molecular weight excluding hydrogens is 202 g/mol. The molecule has 3 nitrogen and oxygen atoms in total. The molecule has 1 saturated heterocycles. The second kappa shape index (κ2) is 7.80. The van der Waals surface area contributed by atoms with E-state index in [1.54, 1.807) is 0 Å². The van der Waals surface area contributed by atoms with Gasteiger partial charge >= 0.3 is 0 Å². The van der Waals surface area contributed by atoms with Gasteiger partial charge in [-0.05, 0) is 38.8 Å². The zero-order chi connectivity index (χ0) is 11.8. The van der Waals surface area contributed by atoms with Crippen molar-refractivity contribution in [2.24, 2.45) is 5.92 Å². The topological polar surface area (TPSA) is 29.5 Å². The number of ether oxygens (including phenoxy) is 1. The largest absolute Gasteiger partial charge is 0.381 e. The lowest BCUT2D eigenvalue weighted by Gasteiger charge is -2.26. The fourth-order valence-corrected chi connectivity index (χ4v) is 2.21. The second-order valence-electron chi connectivity index (χ2n) is 4.84. The predicted octanol–water partition coefficient (Wildman–Crippen LogP) is 2.10. The van der Waals surface area contributed by atoms with E-state index in [9.17, 15) is 4.79 Å². The van der Waals surface area contributed by atoms with Crippen LogP contribution < -0.4 is 0 Å². The van der Waals surface area contributed by atoms with E-state index < -0.39 is 0 Å². The van der Waals surface area contributed by atoms with E-state index in [0.717, 1.165) is 39.1 Å². The molecule has 1 fully saturated rings. The van der Waals surface area contributed by atoms with Gasteiger partial charge in [0.1, 0.15) is 5.78 Å². The molecule has 94 valence electrons. The van der Waals surface area contributed by atoms with Gasteiger partial charge in [-0.1, -0.05) is 6.92 Å². The molecule has 0 radical (unpaired) electrons. The molecule has 0 saturated carbocycles. The molecule has 0 aromatic rings. The summed E-state index contributed by atoms with van der Waals surface area (Å²) in [4.78, 5) is 13.5. The average molecular weight is 227 g/mol. The van der Waals surface area contributed by atoms with Crippen molar-refractivity contribution in [1.82, 2.24) is 4.90 Å². The minimum Gasteiger partial charge on any atom is -0.381 e. The van der Waals surface area contributed by atoms with Crippen molar-refractivity contribution in [3.05, 3.63) is 0 Å². The zero-order valence-corrected chi connectivity index (χ0v) is 10.7. The second-order valence-corrected chi connectivity index (χ2v) is 4.84. The molecule has 3 heteroatoms. The Labute approximate surface area is 99.1 Å². The normalized spacial score (nSPS) is 21.3. The maximum absolute atomic E-state index is 11.1. The van der Waals surface area contributed by atoms with Gasteiger partial charge in [0.05, 0.1) is 6.61 Å². The van der Waals surface area contributed by atoms with Crippen LogP contribution in [-0.4, -0.2) is 44.0 Å². The van der Waals surface area contributed by atoms with Gasteiger partial charge in [-0.15, -0.1) is 0 Å². The van der Waals surface area contributed by atoms with Crippen LogP contribution in [0, 0.1) is 5.92 Å². The van der Waals surface area contributed by atoms with Crippen LogP contribution in [0.2, 0.25) is 0 Å². The number of carbonyl (C=O) groups is 1. The molecule has 0 amide bonds. The number of hydrogen-bond donors (Lipinski definition) is 0. The summed E-state index contributed by atoms with van der Waals surface area (Å²) in [5.41, 5.74) is 0. The van der Waals surface area contributed by atoms with Crippen molar-refractivity contribution >= 4 is 5.78 Å². The molecule has 1 heterocycles. The summed E-state index contributed by atoms with van der Waals surface area (Å²) in [6.45, 7) is 5.93. The average Bonchev–Trinajstić information content (AvgIpc) is 2.30. The maximum atomic E-state index is 11.1. The first-order valence-corrected chi connectivity index (χ1v) is 6.50. The molecule has 1 atom stereocenters. The Hall–Kier alpha value is -0.410. The summed E-state index contributed by atoms with van der Waals surface area (Å²) in [5.74, 6) is 1.08. The molecule has 1 rings (SSSR count). The fraction of sp³-hybridized carbons (Fsp3) is 0.923. The van der Waals surface area contributed by atoms with E-state index >= 15 is 0 Å². The van der Waals surface area contributed by atoms with Crippen molar-refractivity contribution < 1.29 is 9.53 Å².